The first kappa shape index (κ1) is 14.9. The summed E-state index contributed by atoms with van der Waals surface area (Å²) in [6.07, 6.45) is 0. The van der Waals surface area contributed by atoms with Crippen molar-refractivity contribution < 1.29 is 13.2 Å². The maximum Gasteiger partial charge on any atom is 0.245 e. The third-order valence-corrected chi connectivity index (χ3v) is 4.76. The largest absolute Gasteiger partial charge is 0.398 e. The summed E-state index contributed by atoms with van der Waals surface area (Å²) in [5, 5.41) is 0. The van der Waals surface area contributed by atoms with Crippen LogP contribution in [0.1, 0.15) is 6.92 Å². The fourth-order valence-corrected chi connectivity index (χ4v) is 3.32. The number of carbonyl (C=O) groups excluding carboxylic acids is 1. The summed E-state index contributed by atoms with van der Waals surface area (Å²) in [6.45, 7) is 1.39. The van der Waals surface area contributed by atoms with Gasteiger partial charge in [-0.15, -0.1) is 0 Å². The Kier molecular flexibility index (Phi) is 4.71. The average molecular weight is 336 g/mol. The van der Waals surface area contributed by atoms with Crippen molar-refractivity contribution >= 4 is 37.5 Å². The van der Waals surface area contributed by atoms with Gasteiger partial charge < -0.3 is 11.5 Å². The summed E-state index contributed by atoms with van der Waals surface area (Å²) in [5.74, 6) is -0.712. The third-order valence-electron chi connectivity index (χ3n) is 2.27. The van der Waals surface area contributed by atoms with Crippen molar-refractivity contribution in [2.24, 2.45) is 5.73 Å². The van der Waals surface area contributed by atoms with E-state index in [4.69, 9.17) is 11.5 Å². The lowest BCUT2D eigenvalue weighted by Gasteiger charge is -2.19. The number of anilines is 1. The molecular formula is C10H14BrN3O3S. The molecule has 6 nitrogen and oxygen atoms in total. The monoisotopic (exact) mass is 335 g/mol. The molecule has 1 aromatic rings. The summed E-state index contributed by atoms with van der Waals surface area (Å²) < 4.78 is 26.2. The molecule has 0 fully saturated rings. The van der Waals surface area contributed by atoms with Gasteiger partial charge >= 0.3 is 0 Å². The Hall–Kier alpha value is -1.12. The number of hydrogen-bond acceptors (Lipinski definition) is 4. The van der Waals surface area contributed by atoms with Crippen molar-refractivity contribution in [1.82, 2.24) is 4.31 Å². The molecule has 0 spiro atoms. The molecule has 4 N–H and O–H groups in total. The van der Waals surface area contributed by atoms with Gasteiger partial charge in [-0.05, 0) is 18.2 Å². The number of likely N-dealkylation sites (N-methyl/N-ethyl adjacent to an activating group) is 1. The van der Waals surface area contributed by atoms with Crippen LogP contribution >= 0.6 is 15.9 Å². The van der Waals surface area contributed by atoms with Gasteiger partial charge in [0.25, 0.3) is 0 Å². The number of rotatable bonds is 5. The molecule has 0 aromatic heterocycles. The van der Waals surface area contributed by atoms with Crippen molar-refractivity contribution in [3.8, 4) is 0 Å². The Balaban J connectivity index is 3.23. The van der Waals surface area contributed by atoms with Crippen LogP contribution in [0, 0.1) is 0 Å². The van der Waals surface area contributed by atoms with Crippen LogP contribution in [0.3, 0.4) is 0 Å². The summed E-state index contributed by atoms with van der Waals surface area (Å²) >= 11 is 3.19. The normalized spacial score (nSPS) is 11.7. The van der Waals surface area contributed by atoms with Crippen molar-refractivity contribution in [1.29, 1.82) is 0 Å². The molecule has 1 aromatic carbocycles. The molecule has 0 atom stereocenters. The number of sulfonamides is 1. The van der Waals surface area contributed by atoms with E-state index in [0.717, 1.165) is 4.31 Å². The molecule has 18 heavy (non-hydrogen) atoms. The van der Waals surface area contributed by atoms with E-state index in [0.29, 0.717) is 4.47 Å². The lowest BCUT2D eigenvalue weighted by molar-refractivity contribution is -0.118. The summed E-state index contributed by atoms with van der Waals surface area (Å²) in [5.41, 5.74) is 10.8. The molecule has 100 valence electrons. The number of halogens is 1. The molecule has 0 saturated carbocycles. The second-order valence-electron chi connectivity index (χ2n) is 3.58. The molecule has 0 unspecified atom stereocenters. The second kappa shape index (κ2) is 5.68. The molecule has 1 amide bonds. The van der Waals surface area contributed by atoms with Crippen molar-refractivity contribution in [2.75, 3.05) is 18.8 Å². The van der Waals surface area contributed by atoms with Gasteiger partial charge in [-0.25, -0.2) is 8.42 Å². The second-order valence-corrected chi connectivity index (χ2v) is 6.40. The first-order valence-corrected chi connectivity index (χ1v) is 7.35. The van der Waals surface area contributed by atoms with Gasteiger partial charge in [0.1, 0.15) is 4.90 Å². The van der Waals surface area contributed by atoms with Crippen LogP contribution in [0.5, 0.6) is 0 Å². The zero-order valence-electron chi connectivity index (χ0n) is 9.76. The highest BCUT2D eigenvalue weighted by Gasteiger charge is 2.26. The van der Waals surface area contributed by atoms with E-state index in [1.807, 2.05) is 0 Å². The summed E-state index contributed by atoms with van der Waals surface area (Å²) in [6, 6.07) is 4.45. The van der Waals surface area contributed by atoms with Gasteiger partial charge in [-0.3, -0.25) is 4.79 Å². The number of amides is 1. The number of primary amides is 1. The molecular weight excluding hydrogens is 322 g/mol. The van der Waals surface area contributed by atoms with Crippen LogP contribution in [-0.4, -0.2) is 31.7 Å². The van der Waals surface area contributed by atoms with E-state index in [2.05, 4.69) is 15.9 Å². The van der Waals surface area contributed by atoms with Crippen LogP contribution in [-0.2, 0) is 14.8 Å². The minimum absolute atomic E-state index is 0.0335. The van der Waals surface area contributed by atoms with Gasteiger partial charge in [-0.2, -0.15) is 4.31 Å². The van der Waals surface area contributed by atoms with Gasteiger partial charge in [-0.1, -0.05) is 22.9 Å². The average Bonchev–Trinajstić information content (AvgIpc) is 2.24. The molecule has 0 bridgehead atoms. The number of nitrogens with zero attached hydrogens (tertiary/aromatic N) is 1. The zero-order chi connectivity index (χ0) is 13.9. The van der Waals surface area contributed by atoms with Crippen LogP contribution in [0.4, 0.5) is 5.69 Å². The lowest BCUT2D eigenvalue weighted by atomic mass is 10.3. The molecule has 0 aliphatic rings. The smallest absolute Gasteiger partial charge is 0.245 e. The molecule has 0 radical (unpaired) electrons. The Morgan fingerprint density at radius 3 is 2.50 bits per heavy atom. The van der Waals surface area contributed by atoms with E-state index < -0.39 is 15.9 Å². The first-order chi connectivity index (χ1) is 8.28. The highest BCUT2D eigenvalue weighted by atomic mass is 79.9. The van der Waals surface area contributed by atoms with Crippen LogP contribution in [0.25, 0.3) is 0 Å². The van der Waals surface area contributed by atoms with E-state index in [9.17, 15) is 13.2 Å². The Labute approximate surface area is 114 Å². The third kappa shape index (κ3) is 3.21. The highest BCUT2D eigenvalue weighted by Crippen LogP contribution is 2.25. The number of carbonyl (C=O) groups is 1. The van der Waals surface area contributed by atoms with E-state index in [-0.39, 0.29) is 23.7 Å². The highest BCUT2D eigenvalue weighted by molar-refractivity contribution is 9.10. The van der Waals surface area contributed by atoms with Gasteiger partial charge in [0.15, 0.2) is 0 Å². The van der Waals surface area contributed by atoms with E-state index in [1.165, 1.54) is 12.1 Å². The number of benzene rings is 1. The predicted molar refractivity (Wildman–Crippen MR) is 72.2 cm³/mol. The Morgan fingerprint density at radius 2 is 2.06 bits per heavy atom. The Morgan fingerprint density at radius 1 is 1.44 bits per heavy atom. The van der Waals surface area contributed by atoms with Crippen LogP contribution in [0.15, 0.2) is 27.6 Å². The Bertz CT molecular complexity index is 559. The van der Waals surface area contributed by atoms with Crippen LogP contribution in [0.2, 0.25) is 0 Å². The summed E-state index contributed by atoms with van der Waals surface area (Å²) in [7, 11) is -3.81. The fraction of sp³-hybridized carbons (Fsp3) is 0.300. The minimum Gasteiger partial charge on any atom is -0.398 e. The van der Waals surface area contributed by atoms with Crippen molar-refractivity contribution in [3.63, 3.8) is 0 Å². The molecule has 0 heterocycles. The SMILES string of the molecule is CCN(CC(N)=O)S(=O)(=O)c1ccc(Br)cc1N. The fourth-order valence-electron chi connectivity index (χ4n) is 1.43. The maximum absolute atomic E-state index is 12.3. The molecule has 8 heteroatoms. The van der Waals surface area contributed by atoms with Gasteiger partial charge in [0.05, 0.1) is 12.2 Å². The van der Waals surface area contributed by atoms with Gasteiger partial charge in [0.2, 0.25) is 15.9 Å². The minimum atomic E-state index is -3.81. The molecule has 0 aliphatic carbocycles. The number of nitrogen functional groups attached to an aromatic ring is 1. The number of hydrogen-bond donors (Lipinski definition) is 2. The maximum atomic E-state index is 12.3. The predicted octanol–water partition coefficient (Wildman–Crippen LogP) is 0.527. The summed E-state index contributed by atoms with van der Waals surface area (Å²) in [4.78, 5) is 10.8. The molecule has 1 rings (SSSR count). The number of nitrogens with two attached hydrogens (primary N) is 2. The van der Waals surface area contributed by atoms with Crippen LogP contribution < -0.4 is 11.5 Å². The quantitative estimate of drug-likeness (QED) is 0.765. The zero-order valence-corrected chi connectivity index (χ0v) is 12.2. The topological polar surface area (TPSA) is 106 Å². The van der Waals surface area contributed by atoms with Crippen molar-refractivity contribution in [3.05, 3.63) is 22.7 Å². The van der Waals surface area contributed by atoms with Crippen molar-refractivity contribution in [2.45, 2.75) is 11.8 Å². The first-order valence-electron chi connectivity index (χ1n) is 5.12. The molecule has 0 aliphatic heterocycles. The standard InChI is InChI=1S/C10H14BrN3O3S/c1-2-14(6-10(13)15)18(16,17)9-4-3-7(11)5-8(9)12/h3-5H,2,6,12H2,1H3,(H2,13,15). The lowest BCUT2D eigenvalue weighted by Crippen LogP contribution is -2.38. The van der Waals surface area contributed by atoms with Gasteiger partial charge in [0, 0.05) is 11.0 Å². The van der Waals surface area contributed by atoms with E-state index >= 15 is 0 Å². The molecule has 0 saturated heterocycles. The van der Waals surface area contributed by atoms with E-state index in [1.54, 1.807) is 13.0 Å².